The zero-order valence-electron chi connectivity index (χ0n) is 11.9. The van der Waals surface area contributed by atoms with E-state index in [4.69, 9.17) is 4.74 Å². The third kappa shape index (κ3) is 1.83. The van der Waals surface area contributed by atoms with E-state index in [-0.39, 0.29) is 17.4 Å². The summed E-state index contributed by atoms with van der Waals surface area (Å²) in [6, 6.07) is 6.43. The Hall–Kier alpha value is -1.02. The maximum Gasteiger partial charge on any atom is 0.121 e. The van der Waals surface area contributed by atoms with E-state index in [1.54, 1.807) is 7.11 Å². The van der Waals surface area contributed by atoms with Crippen LogP contribution in [0.3, 0.4) is 0 Å². The largest absolute Gasteiger partial charge is 0.496 e. The lowest BCUT2D eigenvalue weighted by molar-refractivity contribution is 0.0861. The van der Waals surface area contributed by atoms with E-state index in [1.807, 2.05) is 6.07 Å². The van der Waals surface area contributed by atoms with Crippen molar-refractivity contribution in [2.75, 3.05) is 13.7 Å². The summed E-state index contributed by atoms with van der Waals surface area (Å²) in [5.74, 6) is 0.936. The molecule has 1 fully saturated rings. The van der Waals surface area contributed by atoms with Gasteiger partial charge in [-0.15, -0.1) is 0 Å². The Kier molecular flexibility index (Phi) is 3.41. The first-order valence-corrected chi connectivity index (χ1v) is 6.73. The van der Waals surface area contributed by atoms with Gasteiger partial charge in [0.25, 0.3) is 0 Å². The lowest BCUT2D eigenvalue weighted by atomic mass is 9.64. The van der Waals surface area contributed by atoms with Crippen LogP contribution in [0.15, 0.2) is 18.2 Å². The molecule has 0 bridgehead atoms. The molecule has 2 rings (SSSR count). The molecule has 100 valence electrons. The van der Waals surface area contributed by atoms with Crippen molar-refractivity contribution in [1.29, 1.82) is 0 Å². The fourth-order valence-electron chi connectivity index (χ4n) is 3.38. The van der Waals surface area contributed by atoms with Gasteiger partial charge in [-0.25, -0.2) is 0 Å². The maximum absolute atomic E-state index is 9.77. The van der Waals surface area contributed by atoms with Crippen LogP contribution in [0.25, 0.3) is 0 Å². The highest BCUT2D eigenvalue weighted by Gasteiger charge is 2.49. The van der Waals surface area contributed by atoms with Crippen molar-refractivity contribution in [2.24, 2.45) is 5.41 Å². The van der Waals surface area contributed by atoms with E-state index in [1.165, 1.54) is 17.5 Å². The highest BCUT2D eigenvalue weighted by molar-refractivity contribution is 5.40. The van der Waals surface area contributed by atoms with E-state index in [0.29, 0.717) is 0 Å². The summed E-state index contributed by atoms with van der Waals surface area (Å²) in [4.78, 5) is 0. The van der Waals surface area contributed by atoms with Gasteiger partial charge >= 0.3 is 0 Å². The Morgan fingerprint density at radius 3 is 2.56 bits per heavy atom. The minimum absolute atomic E-state index is 0.00592. The molecule has 1 aliphatic carbocycles. The third-order valence-electron chi connectivity index (χ3n) is 5.12. The van der Waals surface area contributed by atoms with Gasteiger partial charge in [0.1, 0.15) is 5.75 Å². The molecule has 18 heavy (non-hydrogen) atoms. The zero-order chi connectivity index (χ0) is 13.4. The molecule has 0 saturated heterocycles. The second-order valence-corrected chi connectivity index (χ2v) is 6.09. The van der Waals surface area contributed by atoms with Crippen molar-refractivity contribution in [3.8, 4) is 5.75 Å². The van der Waals surface area contributed by atoms with E-state index < -0.39 is 0 Å². The predicted molar refractivity (Wildman–Crippen MR) is 74.1 cm³/mol. The molecule has 0 unspecified atom stereocenters. The summed E-state index contributed by atoms with van der Waals surface area (Å²) in [6.07, 6.45) is 3.44. The molecule has 0 heterocycles. The first-order valence-electron chi connectivity index (χ1n) is 6.73. The van der Waals surface area contributed by atoms with Gasteiger partial charge in [-0.3, -0.25) is 0 Å². The first kappa shape index (κ1) is 13.4. The highest BCUT2D eigenvalue weighted by atomic mass is 16.5. The fourth-order valence-corrected chi connectivity index (χ4v) is 3.38. The number of rotatable bonds is 3. The summed E-state index contributed by atoms with van der Waals surface area (Å²) in [6.45, 7) is 6.84. The van der Waals surface area contributed by atoms with Crippen molar-refractivity contribution in [1.82, 2.24) is 0 Å². The van der Waals surface area contributed by atoms with E-state index in [2.05, 4.69) is 32.9 Å². The van der Waals surface area contributed by atoms with Crippen LogP contribution in [0.4, 0.5) is 0 Å². The highest BCUT2D eigenvalue weighted by Crippen LogP contribution is 2.54. The molecule has 1 saturated carbocycles. The van der Waals surface area contributed by atoms with E-state index >= 15 is 0 Å². The van der Waals surface area contributed by atoms with Gasteiger partial charge in [0, 0.05) is 17.4 Å². The lowest BCUT2D eigenvalue weighted by Gasteiger charge is -2.40. The number of aryl methyl sites for hydroxylation is 1. The van der Waals surface area contributed by atoms with Crippen molar-refractivity contribution in [2.45, 2.75) is 45.4 Å². The van der Waals surface area contributed by atoms with Gasteiger partial charge in [-0.2, -0.15) is 0 Å². The number of ether oxygens (including phenoxy) is 1. The number of hydrogen-bond acceptors (Lipinski definition) is 2. The van der Waals surface area contributed by atoms with E-state index in [0.717, 1.165) is 18.6 Å². The quantitative estimate of drug-likeness (QED) is 0.888. The average molecular weight is 248 g/mol. The van der Waals surface area contributed by atoms with Gasteiger partial charge in [-0.05, 0) is 37.0 Å². The Bertz CT molecular complexity index is 441. The molecule has 0 amide bonds. The standard InChI is InChI=1S/C16H24O2/c1-12-10-13(6-7-14(12)18-4)16(3)9-5-8-15(16,2)11-17/h6-7,10,17H,5,8-9,11H2,1-4H3/t15-,16+/m1/s1. The summed E-state index contributed by atoms with van der Waals surface area (Å²) in [5.41, 5.74) is 2.56. The van der Waals surface area contributed by atoms with Crippen LogP contribution >= 0.6 is 0 Å². The fraction of sp³-hybridized carbons (Fsp3) is 0.625. The number of hydrogen-bond donors (Lipinski definition) is 1. The summed E-state index contributed by atoms with van der Waals surface area (Å²) in [5, 5.41) is 9.77. The Labute approximate surface area is 110 Å². The molecule has 1 aliphatic rings. The number of aliphatic hydroxyl groups excluding tert-OH is 1. The van der Waals surface area contributed by atoms with Gasteiger partial charge in [0.2, 0.25) is 0 Å². The van der Waals surface area contributed by atoms with Crippen molar-refractivity contribution < 1.29 is 9.84 Å². The molecular formula is C16H24O2. The molecule has 0 spiro atoms. The lowest BCUT2D eigenvalue weighted by Crippen LogP contribution is -2.39. The van der Waals surface area contributed by atoms with Crippen molar-refractivity contribution >= 4 is 0 Å². The second kappa shape index (κ2) is 4.58. The molecule has 2 atom stereocenters. The summed E-state index contributed by atoms with van der Waals surface area (Å²) in [7, 11) is 1.71. The molecule has 1 N–H and O–H groups in total. The van der Waals surface area contributed by atoms with Crippen molar-refractivity contribution in [3.63, 3.8) is 0 Å². The minimum Gasteiger partial charge on any atom is -0.496 e. The monoisotopic (exact) mass is 248 g/mol. The smallest absolute Gasteiger partial charge is 0.121 e. The molecular weight excluding hydrogens is 224 g/mol. The molecule has 2 nitrogen and oxygen atoms in total. The van der Waals surface area contributed by atoms with Crippen LogP contribution in [0, 0.1) is 12.3 Å². The predicted octanol–water partition coefficient (Wildman–Crippen LogP) is 3.44. The molecule has 0 aromatic heterocycles. The number of benzene rings is 1. The minimum atomic E-state index is -0.00592. The van der Waals surface area contributed by atoms with Gasteiger partial charge in [-0.1, -0.05) is 32.4 Å². The van der Waals surface area contributed by atoms with Crippen LogP contribution in [-0.4, -0.2) is 18.8 Å². The topological polar surface area (TPSA) is 29.5 Å². The van der Waals surface area contributed by atoms with Gasteiger partial charge in [0.05, 0.1) is 7.11 Å². The third-order valence-corrected chi connectivity index (χ3v) is 5.12. The molecule has 0 radical (unpaired) electrons. The van der Waals surface area contributed by atoms with Crippen LogP contribution in [0.5, 0.6) is 5.75 Å². The number of methoxy groups -OCH3 is 1. The van der Waals surface area contributed by atoms with Crippen LogP contribution in [0.1, 0.15) is 44.2 Å². The Morgan fingerprint density at radius 2 is 2.00 bits per heavy atom. The molecule has 1 aromatic rings. The first-order chi connectivity index (χ1) is 8.47. The van der Waals surface area contributed by atoms with Gasteiger partial charge in [0.15, 0.2) is 0 Å². The van der Waals surface area contributed by atoms with Crippen LogP contribution in [-0.2, 0) is 5.41 Å². The molecule has 2 heteroatoms. The van der Waals surface area contributed by atoms with Crippen LogP contribution < -0.4 is 4.74 Å². The van der Waals surface area contributed by atoms with E-state index in [9.17, 15) is 5.11 Å². The average Bonchev–Trinajstić information content (AvgIpc) is 2.67. The Balaban J connectivity index is 2.44. The SMILES string of the molecule is COc1ccc([C@]2(C)CCC[C@]2(C)CO)cc1C. The molecule has 1 aromatic carbocycles. The summed E-state index contributed by atoms with van der Waals surface area (Å²) < 4.78 is 5.32. The Morgan fingerprint density at radius 1 is 1.28 bits per heavy atom. The maximum atomic E-state index is 9.77. The van der Waals surface area contributed by atoms with Gasteiger partial charge < -0.3 is 9.84 Å². The normalized spacial score (nSPS) is 31.6. The zero-order valence-corrected chi connectivity index (χ0v) is 11.9. The van der Waals surface area contributed by atoms with Crippen molar-refractivity contribution in [3.05, 3.63) is 29.3 Å². The molecule has 0 aliphatic heterocycles. The summed E-state index contributed by atoms with van der Waals surface area (Å²) >= 11 is 0. The number of aliphatic hydroxyl groups is 1. The van der Waals surface area contributed by atoms with Crippen LogP contribution in [0.2, 0.25) is 0 Å². The second-order valence-electron chi connectivity index (χ2n) is 6.09.